The maximum absolute atomic E-state index is 10.9. The lowest BCUT2D eigenvalue weighted by Gasteiger charge is -2.17. The largest absolute Gasteiger partial charge is 0.478 e. The summed E-state index contributed by atoms with van der Waals surface area (Å²) in [5.41, 5.74) is 1.28. The van der Waals surface area contributed by atoms with E-state index in [9.17, 15) is 4.79 Å². The van der Waals surface area contributed by atoms with Crippen molar-refractivity contribution in [3.63, 3.8) is 0 Å². The number of aromatic carboxylic acids is 1. The van der Waals surface area contributed by atoms with Crippen molar-refractivity contribution < 1.29 is 19.4 Å². The molecule has 0 atom stereocenters. The molecule has 0 radical (unpaired) electrons. The zero-order valence-electron chi connectivity index (χ0n) is 12.2. The first-order valence-electron chi connectivity index (χ1n) is 6.73. The van der Waals surface area contributed by atoms with Crippen molar-refractivity contribution in [1.82, 2.24) is 4.90 Å². The molecular weight excluding hydrogens is 270 g/mol. The summed E-state index contributed by atoms with van der Waals surface area (Å²) in [5, 5.41) is 8.95. The molecule has 0 unspecified atom stereocenters. The van der Waals surface area contributed by atoms with Gasteiger partial charge in [0.2, 0.25) is 0 Å². The predicted octanol–water partition coefficient (Wildman–Crippen LogP) is 1.48. The van der Waals surface area contributed by atoms with Crippen LogP contribution in [0.5, 0.6) is 0 Å². The number of hydrogen-bond donors (Lipinski definition) is 1. The van der Waals surface area contributed by atoms with Crippen LogP contribution < -0.4 is 0 Å². The van der Waals surface area contributed by atoms with Gasteiger partial charge in [0.05, 0.1) is 25.4 Å². The highest BCUT2D eigenvalue weighted by molar-refractivity contribution is 5.87. The summed E-state index contributed by atoms with van der Waals surface area (Å²) >= 11 is 0. The zero-order valence-corrected chi connectivity index (χ0v) is 12.2. The molecule has 0 saturated carbocycles. The van der Waals surface area contributed by atoms with E-state index in [1.807, 2.05) is 13.1 Å². The van der Waals surface area contributed by atoms with Crippen LogP contribution in [0, 0.1) is 12.3 Å². The van der Waals surface area contributed by atoms with E-state index in [2.05, 4.69) is 10.8 Å². The molecule has 1 aromatic rings. The number of carbonyl (C=O) groups is 1. The molecule has 0 aromatic heterocycles. The normalized spacial score (nSPS) is 10.5. The molecule has 1 rings (SSSR count). The van der Waals surface area contributed by atoms with Crippen LogP contribution >= 0.6 is 0 Å². The molecule has 0 spiro atoms. The van der Waals surface area contributed by atoms with Gasteiger partial charge in [-0.3, -0.25) is 4.90 Å². The molecular formula is C16H21NO4. The molecule has 0 heterocycles. The first kappa shape index (κ1) is 17.2. The van der Waals surface area contributed by atoms with Crippen LogP contribution in [-0.4, -0.2) is 56.0 Å². The van der Waals surface area contributed by atoms with Gasteiger partial charge in [0.1, 0.15) is 6.61 Å². The van der Waals surface area contributed by atoms with E-state index >= 15 is 0 Å². The van der Waals surface area contributed by atoms with Crippen LogP contribution in [0.2, 0.25) is 0 Å². The average Bonchev–Trinajstić information content (AvgIpc) is 2.46. The van der Waals surface area contributed by atoms with Crippen LogP contribution in [0.25, 0.3) is 0 Å². The minimum atomic E-state index is -0.908. The molecule has 0 fully saturated rings. The lowest BCUT2D eigenvalue weighted by molar-refractivity contribution is 0.0509. The molecule has 0 aliphatic carbocycles. The third-order valence-corrected chi connectivity index (χ3v) is 2.80. The molecule has 5 nitrogen and oxygen atoms in total. The minimum Gasteiger partial charge on any atom is -0.478 e. The topological polar surface area (TPSA) is 59.0 Å². The maximum Gasteiger partial charge on any atom is 0.335 e. The van der Waals surface area contributed by atoms with Crippen molar-refractivity contribution in [2.45, 2.75) is 6.54 Å². The SMILES string of the molecule is C#CCOCCOCCN(C)Cc1cccc(C(=O)O)c1. The number of carboxylic acids is 1. The fourth-order valence-corrected chi connectivity index (χ4v) is 1.76. The quantitative estimate of drug-likeness (QED) is 0.523. The number of hydrogen-bond acceptors (Lipinski definition) is 4. The second-order valence-electron chi connectivity index (χ2n) is 4.61. The van der Waals surface area contributed by atoms with Gasteiger partial charge in [-0.05, 0) is 24.7 Å². The van der Waals surface area contributed by atoms with Gasteiger partial charge in [-0.2, -0.15) is 0 Å². The lowest BCUT2D eigenvalue weighted by atomic mass is 10.1. The van der Waals surface area contributed by atoms with Crippen LogP contribution in [0.4, 0.5) is 0 Å². The van der Waals surface area contributed by atoms with E-state index in [1.165, 1.54) is 0 Å². The summed E-state index contributed by atoms with van der Waals surface area (Å²) < 4.78 is 10.5. The van der Waals surface area contributed by atoms with Crippen molar-refractivity contribution in [2.24, 2.45) is 0 Å². The molecule has 114 valence electrons. The Hall–Kier alpha value is -1.87. The van der Waals surface area contributed by atoms with Crippen molar-refractivity contribution in [2.75, 3.05) is 40.0 Å². The van der Waals surface area contributed by atoms with Gasteiger partial charge in [0, 0.05) is 13.1 Å². The van der Waals surface area contributed by atoms with Gasteiger partial charge in [0.25, 0.3) is 0 Å². The van der Waals surface area contributed by atoms with Crippen molar-refractivity contribution in [1.29, 1.82) is 0 Å². The zero-order chi connectivity index (χ0) is 15.5. The third kappa shape index (κ3) is 7.47. The van der Waals surface area contributed by atoms with Gasteiger partial charge in [-0.1, -0.05) is 18.1 Å². The van der Waals surface area contributed by atoms with E-state index in [-0.39, 0.29) is 0 Å². The Morgan fingerprint density at radius 1 is 1.33 bits per heavy atom. The second kappa shape index (κ2) is 9.94. The van der Waals surface area contributed by atoms with Gasteiger partial charge in [-0.25, -0.2) is 4.79 Å². The van der Waals surface area contributed by atoms with Gasteiger partial charge in [0.15, 0.2) is 0 Å². The smallest absolute Gasteiger partial charge is 0.335 e. The Labute approximate surface area is 125 Å². The van der Waals surface area contributed by atoms with Crippen molar-refractivity contribution in [3.8, 4) is 12.3 Å². The summed E-state index contributed by atoms with van der Waals surface area (Å²) in [7, 11) is 1.96. The number of carboxylic acid groups (broad SMARTS) is 1. The standard InChI is InChI=1S/C16H21NO4/c1-3-8-20-10-11-21-9-7-17(2)13-14-5-4-6-15(12-14)16(18)19/h1,4-6,12H,7-11,13H2,2H3,(H,18,19). The van der Waals surface area contributed by atoms with E-state index < -0.39 is 5.97 Å². The van der Waals surface area contributed by atoms with Gasteiger partial charge >= 0.3 is 5.97 Å². The lowest BCUT2D eigenvalue weighted by Crippen LogP contribution is -2.23. The molecule has 1 N–H and O–H groups in total. The highest BCUT2D eigenvalue weighted by Crippen LogP contribution is 2.07. The first-order chi connectivity index (χ1) is 10.1. The minimum absolute atomic E-state index is 0.308. The van der Waals surface area contributed by atoms with Crippen molar-refractivity contribution >= 4 is 5.97 Å². The monoisotopic (exact) mass is 291 g/mol. The summed E-state index contributed by atoms with van der Waals surface area (Å²) in [6, 6.07) is 6.95. The molecule has 0 amide bonds. The number of likely N-dealkylation sites (N-methyl/N-ethyl adjacent to an activating group) is 1. The first-order valence-corrected chi connectivity index (χ1v) is 6.73. The fourth-order valence-electron chi connectivity index (χ4n) is 1.76. The van der Waals surface area contributed by atoms with Gasteiger partial charge in [-0.15, -0.1) is 6.42 Å². The predicted molar refractivity (Wildman–Crippen MR) is 80.2 cm³/mol. The van der Waals surface area contributed by atoms with Crippen LogP contribution in [0.3, 0.4) is 0 Å². The Morgan fingerprint density at radius 2 is 2.10 bits per heavy atom. The highest BCUT2D eigenvalue weighted by atomic mass is 16.5. The Bertz CT molecular complexity index is 481. The molecule has 5 heteroatoms. The number of nitrogens with zero attached hydrogens (tertiary/aromatic N) is 1. The Kier molecular flexibility index (Phi) is 8.14. The Morgan fingerprint density at radius 3 is 2.81 bits per heavy atom. The summed E-state index contributed by atoms with van der Waals surface area (Å²) in [6.45, 7) is 3.35. The maximum atomic E-state index is 10.9. The molecule has 0 aliphatic heterocycles. The number of rotatable bonds is 10. The Balaban J connectivity index is 2.21. The van der Waals surface area contributed by atoms with E-state index in [1.54, 1.807) is 18.2 Å². The van der Waals surface area contributed by atoms with E-state index in [0.717, 1.165) is 12.1 Å². The average molecular weight is 291 g/mol. The molecule has 21 heavy (non-hydrogen) atoms. The van der Waals surface area contributed by atoms with E-state index in [4.69, 9.17) is 21.0 Å². The van der Waals surface area contributed by atoms with E-state index in [0.29, 0.717) is 38.5 Å². The van der Waals surface area contributed by atoms with Crippen LogP contribution in [0.1, 0.15) is 15.9 Å². The summed E-state index contributed by atoms with van der Waals surface area (Å²) in [6.07, 6.45) is 5.05. The number of ether oxygens (including phenoxy) is 2. The van der Waals surface area contributed by atoms with Crippen LogP contribution in [-0.2, 0) is 16.0 Å². The molecule has 1 aromatic carbocycles. The van der Waals surface area contributed by atoms with Crippen molar-refractivity contribution in [3.05, 3.63) is 35.4 Å². The molecule has 0 aliphatic rings. The second-order valence-corrected chi connectivity index (χ2v) is 4.61. The summed E-state index contributed by atoms with van der Waals surface area (Å²) in [5.74, 6) is 1.48. The van der Waals surface area contributed by atoms with Crippen LogP contribution in [0.15, 0.2) is 24.3 Å². The highest BCUT2D eigenvalue weighted by Gasteiger charge is 2.05. The number of benzene rings is 1. The molecule has 0 saturated heterocycles. The summed E-state index contributed by atoms with van der Waals surface area (Å²) in [4.78, 5) is 13.0. The number of terminal acetylenes is 1. The third-order valence-electron chi connectivity index (χ3n) is 2.80. The molecule has 0 bridgehead atoms. The fraction of sp³-hybridized carbons (Fsp3) is 0.438. The van der Waals surface area contributed by atoms with Gasteiger partial charge < -0.3 is 14.6 Å².